The Balaban J connectivity index is 2.10. The van der Waals surface area contributed by atoms with Crippen molar-refractivity contribution >= 4 is 17.7 Å². The monoisotopic (exact) mass is 264 g/mol. The molecule has 2 amide bonds. The third kappa shape index (κ3) is 2.98. The molecule has 2 N–H and O–H groups in total. The van der Waals surface area contributed by atoms with Gasteiger partial charge in [-0.25, -0.2) is 19.6 Å². The lowest BCUT2D eigenvalue weighted by atomic mass is 9.91. The molecule has 0 spiro atoms. The molecule has 1 aliphatic heterocycles. The number of aromatic nitrogens is 2. The number of urea groups is 1. The first-order valence-corrected chi connectivity index (χ1v) is 6.15. The lowest BCUT2D eigenvalue weighted by Crippen LogP contribution is -2.53. The maximum absolute atomic E-state index is 12.1. The highest BCUT2D eigenvalue weighted by atomic mass is 16.4. The normalized spacial score (nSPS) is 22.9. The number of carboxylic acids is 1. The topological polar surface area (TPSA) is 95.4 Å². The summed E-state index contributed by atoms with van der Waals surface area (Å²) in [4.78, 5) is 32.4. The maximum atomic E-state index is 12.1. The van der Waals surface area contributed by atoms with Crippen LogP contribution in [0.25, 0.3) is 0 Å². The smallest absolute Gasteiger partial charge is 0.326 e. The molecule has 0 aliphatic carbocycles. The Hall–Kier alpha value is -2.18. The van der Waals surface area contributed by atoms with Crippen LogP contribution in [-0.4, -0.2) is 44.6 Å². The highest BCUT2D eigenvalue weighted by Gasteiger charge is 2.37. The van der Waals surface area contributed by atoms with Gasteiger partial charge >= 0.3 is 12.0 Å². The quantitative estimate of drug-likeness (QED) is 0.836. The van der Waals surface area contributed by atoms with E-state index < -0.39 is 18.0 Å². The van der Waals surface area contributed by atoms with Gasteiger partial charge in [-0.1, -0.05) is 6.92 Å². The zero-order chi connectivity index (χ0) is 13.8. The van der Waals surface area contributed by atoms with Gasteiger partial charge in [-0.05, 0) is 18.8 Å². The predicted octanol–water partition coefficient (Wildman–Crippen LogP) is 1.19. The van der Waals surface area contributed by atoms with Crippen molar-refractivity contribution < 1.29 is 14.7 Å². The van der Waals surface area contributed by atoms with Crippen molar-refractivity contribution in [3.63, 3.8) is 0 Å². The summed E-state index contributed by atoms with van der Waals surface area (Å²) in [7, 11) is 0. The molecule has 102 valence electrons. The molecule has 1 aromatic rings. The van der Waals surface area contributed by atoms with E-state index in [1.807, 2.05) is 6.92 Å². The zero-order valence-corrected chi connectivity index (χ0v) is 10.6. The second-order valence-electron chi connectivity index (χ2n) is 4.65. The van der Waals surface area contributed by atoms with Gasteiger partial charge in [0.05, 0.1) is 18.1 Å². The van der Waals surface area contributed by atoms with Gasteiger partial charge in [0.1, 0.15) is 12.4 Å². The number of aliphatic carboxylic acids is 1. The third-order valence-electron chi connectivity index (χ3n) is 3.26. The lowest BCUT2D eigenvalue weighted by molar-refractivity contribution is -0.145. The van der Waals surface area contributed by atoms with Crippen LogP contribution >= 0.6 is 0 Å². The standard InChI is InChI=1S/C12H16N4O3/c1-8-3-2-4-16(10(8)11(17)18)12(19)15-9-5-13-7-14-6-9/h5-8,10H,2-4H2,1H3,(H,15,19)(H,17,18). The number of rotatable bonds is 2. The van der Waals surface area contributed by atoms with Crippen LogP contribution in [0.3, 0.4) is 0 Å². The fourth-order valence-corrected chi connectivity index (χ4v) is 2.35. The number of anilines is 1. The summed E-state index contributed by atoms with van der Waals surface area (Å²) >= 11 is 0. The van der Waals surface area contributed by atoms with Crippen molar-refractivity contribution in [1.82, 2.24) is 14.9 Å². The molecule has 1 fully saturated rings. The number of carboxylic acid groups (broad SMARTS) is 1. The number of piperidine rings is 1. The summed E-state index contributed by atoms with van der Waals surface area (Å²) in [6.07, 6.45) is 5.92. The Morgan fingerprint density at radius 2 is 2.11 bits per heavy atom. The molecule has 0 radical (unpaired) electrons. The predicted molar refractivity (Wildman–Crippen MR) is 67.6 cm³/mol. The van der Waals surface area contributed by atoms with E-state index in [2.05, 4.69) is 15.3 Å². The summed E-state index contributed by atoms with van der Waals surface area (Å²) in [5.41, 5.74) is 0.454. The number of likely N-dealkylation sites (tertiary alicyclic amines) is 1. The van der Waals surface area contributed by atoms with Crippen molar-refractivity contribution in [3.8, 4) is 0 Å². The molecule has 0 saturated carbocycles. The summed E-state index contributed by atoms with van der Waals surface area (Å²) in [5, 5.41) is 11.9. The fraction of sp³-hybridized carbons (Fsp3) is 0.500. The van der Waals surface area contributed by atoms with Gasteiger partial charge in [0.2, 0.25) is 0 Å². The maximum Gasteiger partial charge on any atom is 0.326 e. The average molecular weight is 264 g/mol. The molecule has 1 aromatic heterocycles. The Kier molecular flexibility index (Phi) is 3.94. The van der Waals surface area contributed by atoms with Crippen LogP contribution < -0.4 is 5.32 Å². The van der Waals surface area contributed by atoms with E-state index in [1.165, 1.54) is 23.6 Å². The molecule has 1 aliphatic rings. The summed E-state index contributed by atoms with van der Waals surface area (Å²) in [6.45, 7) is 2.30. The molecular weight excluding hydrogens is 248 g/mol. The Labute approximate surface area is 110 Å². The minimum absolute atomic E-state index is 0.0518. The van der Waals surface area contributed by atoms with Gasteiger partial charge in [-0.15, -0.1) is 0 Å². The number of nitrogens with zero attached hydrogens (tertiary/aromatic N) is 3. The van der Waals surface area contributed by atoms with Crippen LogP contribution in [0.4, 0.5) is 10.5 Å². The molecule has 2 rings (SSSR count). The number of amides is 2. The van der Waals surface area contributed by atoms with E-state index in [0.717, 1.165) is 12.8 Å². The van der Waals surface area contributed by atoms with Gasteiger partial charge in [-0.2, -0.15) is 0 Å². The van der Waals surface area contributed by atoms with E-state index >= 15 is 0 Å². The lowest BCUT2D eigenvalue weighted by Gasteiger charge is -2.37. The van der Waals surface area contributed by atoms with E-state index in [1.54, 1.807) is 0 Å². The Morgan fingerprint density at radius 3 is 2.74 bits per heavy atom. The van der Waals surface area contributed by atoms with Crippen molar-refractivity contribution in [3.05, 3.63) is 18.7 Å². The van der Waals surface area contributed by atoms with E-state index in [9.17, 15) is 14.7 Å². The number of hydrogen-bond acceptors (Lipinski definition) is 4. The molecule has 19 heavy (non-hydrogen) atoms. The molecular formula is C12H16N4O3. The Morgan fingerprint density at radius 1 is 1.42 bits per heavy atom. The van der Waals surface area contributed by atoms with Crippen LogP contribution in [0.15, 0.2) is 18.7 Å². The van der Waals surface area contributed by atoms with Crippen molar-refractivity contribution in [2.45, 2.75) is 25.8 Å². The molecule has 0 bridgehead atoms. The number of hydrogen-bond donors (Lipinski definition) is 2. The average Bonchev–Trinajstić information content (AvgIpc) is 2.39. The molecule has 2 heterocycles. The van der Waals surface area contributed by atoms with E-state index in [0.29, 0.717) is 12.2 Å². The number of carbonyl (C=O) groups is 2. The SMILES string of the molecule is CC1CCCN(C(=O)Nc2cncnc2)C1C(=O)O. The zero-order valence-electron chi connectivity index (χ0n) is 10.6. The minimum Gasteiger partial charge on any atom is -0.480 e. The molecule has 0 aromatic carbocycles. The highest BCUT2D eigenvalue weighted by molar-refractivity contribution is 5.92. The van der Waals surface area contributed by atoms with Crippen molar-refractivity contribution in [2.24, 2.45) is 5.92 Å². The van der Waals surface area contributed by atoms with Crippen LogP contribution in [0.2, 0.25) is 0 Å². The molecule has 1 saturated heterocycles. The molecule has 7 heteroatoms. The summed E-state index contributed by atoms with van der Waals surface area (Å²) < 4.78 is 0. The molecule has 2 atom stereocenters. The van der Waals surface area contributed by atoms with Crippen molar-refractivity contribution in [1.29, 1.82) is 0 Å². The van der Waals surface area contributed by atoms with Crippen LogP contribution in [0.1, 0.15) is 19.8 Å². The fourth-order valence-electron chi connectivity index (χ4n) is 2.35. The van der Waals surface area contributed by atoms with Crippen molar-refractivity contribution in [2.75, 3.05) is 11.9 Å². The summed E-state index contributed by atoms with van der Waals surface area (Å²) in [6, 6.07) is -1.20. The van der Waals surface area contributed by atoms with Gasteiger partial charge in [0.15, 0.2) is 0 Å². The van der Waals surface area contributed by atoms with Gasteiger partial charge in [0.25, 0.3) is 0 Å². The van der Waals surface area contributed by atoms with Gasteiger partial charge in [-0.3, -0.25) is 0 Å². The van der Waals surface area contributed by atoms with E-state index in [4.69, 9.17) is 0 Å². The van der Waals surface area contributed by atoms with Crippen LogP contribution in [-0.2, 0) is 4.79 Å². The molecule has 7 nitrogen and oxygen atoms in total. The second-order valence-corrected chi connectivity index (χ2v) is 4.65. The largest absolute Gasteiger partial charge is 0.480 e. The first kappa shape index (κ1) is 13.3. The minimum atomic E-state index is -0.966. The first-order chi connectivity index (χ1) is 9.09. The number of carbonyl (C=O) groups excluding carboxylic acids is 1. The van der Waals surface area contributed by atoms with Gasteiger partial charge in [0, 0.05) is 6.54 Å². The summed E-state index contributed by atoms with van der Waals surface area (Å²) in [5.74, 6) is -1.02. The molecule has 2 unspecified atom stereocenters. The van der Waals surface area contributed by atoms with Crippen LogP contribution in [0, 0.1) is 5.92 Å². The van der Waals surface area contributed by atoms with E-state index in [-0.39, 0.29) is 5.92 Å². The van der Waals surface area contributed by atoms with Gasteiger partial charge < -0.3 is 15.3 Å². The second kappa shape index (κ2) is 5.64. The first-order valence-electron chi connectivity index (χ1n) is 6.15. The Bertz CT molecular complexity index is 465. The number of nitrogens with one attached hydrogen (secondary N) is 1. The highest BCUT2D eigenvalue weighted by Crippen LogP contribution is 2.24. The third-order valence-corrected chi connectivity index (χ3v) is 3.26. The van der Waals surface area contributed by atoms with Crippen LogP contribution in [0.5, 0.6) is 0 Å².